The van der Waals surface area contributed by atoms with Crippen molar-refractivity contribution >= 4 is 21.6 Å². The number of aryl methyl sites for hydroxylation is 1. The van der Waals surface area contributed by atoms with Gasteiger partial charge in [-0.25, -0.2) is 8.42 Å². The molecule has 0 atom stereocenters. The lowest BCUT2D eigenvalue weighted by Crippen LogP contribution is -2.08. The first-order valence-electron chi connectivity index (χ1n) is 5.47. The Hall–Kier alpha value is -0.520. The number of rotatable bonds is 6. The number of sulfone groups is 1. The van der Waals surface area contributed by atoms with Crippen molar-refractivity contribution in [3.05, 3.63) is 29.3 Å². The number of hydrogen-bond donors (Lipinski definition) is 1. The molecule has 0 saturated heterocycles. The predicted molar refractivity (Wildman–Crippen MR) is 74.4 cm³/mol. The molecular weight excluding hydrogens is 254 g/mol. The summed E-state index contributed by atoms with van der Waals surface area (Å²) in [5.74, 6) is 0.836. The van der Waals surface area contributed by atoms with Gasteiger partial charge in [-0.3, -0.25) is 0 Å². The molecule has 1 aromatic carbocycles. The van der Waals surface area contributed by atoms with Gasteiger partial charge in [-0.15, -0.1) is 11.8 Å². The predicted octanol–water partition coefficient (Wildman–Crippen LogP) is 1.85. The number of hydrogen-bond acceptors (Lipinski definition) is 4. The maximum atomic E-state index is 11.1. The van der Waals surface area contributed by atoms with Crippen LogP contribution in [0.5, 0.6) is 0 Å². The maximum absolute atomic E-state index is 11.1. The minimum Gasteiger partial charge on any atom is -0.316 e. The standard InChI is InChI=1S/C12H19NO2S2/c1-10-4-5-12(11(8-10)9-13-2)16-6-7-17(3,14)15/h4-5,8,13H,6-7,9H2,1-3H3. The summed E-state index contributed by atoms with van der Waals surface area (Å²) in [6.45, 7) is 2.87. The summed E-state index contributed by atoms with van der Waals surface area (Å²) in [5, 5.41) is 3.13. The van der Waals surface area contributed by atoms with Crippen LogP contribution < -0.4 is 5.32 Å². The summed E-state index contributed by atoms with van der Waals surface area (Å²) >= 11 is 1.60. The largest absolute Gasteiger partial charge is 0.316 e. The Morgan fingerprint density at radius 1 is 1.35 bits per heavy atom. The monoisotopic (exact) mass is 273 g/mol. The van der Waals surface area contributed by atoms with Gasteiger partial charge in [0.2, 0.25) is 0 Å². The van der Waals surface area contributed by atoms with E-state index < -0.39 is 9.84 Å². The molecule has 3 nitrogen and oxygen atoms in total. The van der Waals surface area contributed by atoms with E-state index in [1.807, 2.05) is 7.05 Å². The fraction of sp³-hybridized carbons (Fsp3) is 0.500. The Kier molecular flexibility index (Phi) is 5.49. The molecule has 1 aromatic rings. The summed E-state index contributed by atoms with van der Waals surface area (Å²) < 4.78 is 22.1. The fourth-order valence-corrected chi connectivity index (χ4v) is 3.73. The quantitative estimate of drug-likeness (QED) is 0.804. The van der Waals surface area contributed by atoms with Crippen LogP contribution in [0, 0.1) is 6.92 Å². The van der Waals surface area contributed by atoms with Crippen molar-refractivity contribution in [2.45, 2.75) is 18.4 Å². The summed E-state index contributed by atoms with van der Waals surface area (Å²) in [7, 11) is -0.954. The first kappa shape index (κ1) is 14.5. The van der Waals surface area contributed by atoms with Crippen LogP contribution in [0.15, 0.2) is 23.1 Å². The zero-order chi connectivity index (χ0) is 12.9. The van der Waals surface area contributed by atoms with Gasteiger partial charge in [0, 0.05) is 23.4 Å². The van der Waals surface area contributed by atoms with Crippen LogP contribution in [-0.4, -0.2) is 33.2 Å². The molecule has 0 amide bonds. The van der Waals surface area contributed by atoms with E-state index in [9.17, 15) is 8.42 Å². The molecule has 0 heterocycles. The topological polar surface area (TPSA) is 46.2 Å². The van der Waals surface area contributed by atoms with E-state index >= 15 is 0 Å². The molecule has 0 aliphatic rings. The van der Waals surface area contributed by atoms with Gasteiger partial charge in [0.15, 0.2) is 0 Å². The highest BCUT2D eigenvalue weighted by molar-refractivity contribution is 8.00. The smallest absolute Gasteiger partial charge is 0.148 e. The Bertz CT molecular complexity index is 469. The van der Waals surface area contributed by atoms with Crippen molar-refractivity contribution in [2.24, 2.45) is 0 Å². The molecule has 96 valence electrons. The van der Waals surface area contributed by atoms with Gasteiger partial charge in [0.05, 0.1) is 5.75 Å². The lowest BCUT2D eigenvalue weighted by atomic mass is 10.1. The molecule has 5 heteroatoms. The van der Waals surface area contributed by atoms with Crippen molar-refractivity contribution < 1.29 is 8.42 Å². The normalized spacial score (nSPS) is 11.7. The van der Waals surface area contributed by atoms with E-state index in [2.05, 4.69) is 30.4 Å². The summed E-state index contributed by atoms with van der Waals surface area (Å²) in [6.07, 6.45) is 1.28. The Balaban J connectivity index is 2.69. The molecule has 0 unspecified atom stereocenters. The molecule has 0 radical (unpaired) electrons. The third-order valence-electron chi connectivity index (χ3n) is 2.29. The highest BCUT2D eigenvalue weighted by Gasteiger charge is 2.06. The number of nitrogens with one attached hydrogen (secondary N) is 1. The van der Waals surface area contributed by atoms with Gasteiger partial charge in [-0.1, -0.05) is 17.7 Å². The third-order valence-corrected chi connectivity index (χ3v) is 4.62. The van der Waals surface area contributed by atoms with E-state index in [0.29, 0.717) is 5.75 Å². The van der Waals surface area contributed by atoms with Crippen LogP contribution in [0.3, 0.4) is 0 Å². The van der Waals surface area contributed by atoms with Crippen molar-refractivity contribution in [1.82, 2.24) is 5.32 Å². The molecule has 0 saturated carbocycles. The van der Waals surface area contributed by atoms with E-state index in [1.165, 1.54) is 17.4 Å². The van der Waals surface area contributed by atoms with Crippen LogP contribution in [0.1, 0.15) is 11.1 Å². The van der Waals surface area contributed by atoms with Gasteiger partial charge < -0.3 is 5.32 Å². The highest BCUT2D eigenvalue weighted by Crippen LogP contribution is 2.24. The number of benzene rings is 1. The molecular formula is C12H19NO2S2. The summed E-state index contributed by atoms with van der Waals surface area (Å²) in [6, 6.07) is 6.26. The minimum atomic E-state index is -2.86. The Labute approximate surface area is 108 Å². The average molecular weight is 273 g/mol. The second-order valence-electron chi connectivity index (χ2n) is 4.12. The lowest BCUT2D eigenvalue weighted by Gasteiger charge is -2.09. The average Bonchev–Trinajstić information content (AvgIpc) is 2.20. The maximum Gasteiger partial charge on any atom is 0.148 e. The van der Waals surface area contributed by atoms with Gasteiger partial charge in [0.25, 0.3) is 0 Å². The van der Waals surface area contributed by atoms with Crippen LogP contribution in [0.4, 0.5) is 0 Å². The van der Waals surface area contributed by atoms with E-state index in [-0.39, 0.29) is 5.75 Å². The molecule has 0 fully saturated rings. The molecule has 1 rings (SSSR count). The number of thioether (sulfide) groups is 1. The van der Waals surface area contributed by atoms with Crippen molar-refractivity contribution in [3.63, 3.8) is 0 Å². The molecule has 0 bridgehead atoms. The first-order chi connectivity index (χ1) is 7.92. The zero-order valence-electron chi connectivity index (χ0n) is 10.5. The highest BCUT2D eigenvalue weighted by atomic mass is 32.2. The van der Waals surface area contributed by atoms with E-state index in [4.69, 9.17) is 0 Å². The van der Waals surface area contributed by atoms with Gasteiger partial charge >= 0.3 is 0 Å². The molecule has 0 aliphatic heterocycles. The second kappa shape index (κ2) is 6.42. The van der Waals surface area contributed by atoms with E-state index in [0.717, 1.165) is 11.4 Å². The molecule has 0 spiro atoms. The second-order valence-corrected chi connectivity index (χ2v) is 7.52. The summed E-state index contributed by atoms with van der Waals surface area (Å²) in [4.78, 5) is 1.16. The van der Waals surface area contributed by atoms with Crippen molar-refractivity contribution in [1.29, 1.82) is 0 Å². The molecule has 17 heavy (non-hydrogen) atoms. The van der Waals surface area contributed by atoms with Crippen molar-refractivity contribution in [2.75, 3.05) is 24.8 Å². The zero-order valence-corrected chi connectivity index (χ0v) is 12.1. The molecule has 0 aromatic heterocycles. The van der Waals surface area contributed by atoms with Crippen LogP contribution in [-0.2, 0) is 16.4 Å². The Morgan fingerprint density at radius 2 is 2.06 bits per heavy atom. The molecule has 0 aliphatic carbocycles. The van der Waals surface area contributed by atoms with E-state index in [1.54, 1.807) is 11.8 Å². The summed E-state index contributed by atoms with van der Waals surface area (Å²) in [5.41, 5.74) is 2.45. The fourth-order valence-electron chi connectivity index (χ4n) is 1.48. The van der Waals surface area contributed by atoms with Gasteiger partial charge in [-0.2, -0.15) is 0 Å². The van der Waals surface area contributed by atoms with Crippen LogP contribution in [0.2, 0.25) is 0 Å². The van der Waals surface area contributed by atoms with Crippen LogP contribution in [0.25, 0.3) is 0 Å². The third kappa shape index (κ3) is 5.57. The molecule has 1 N–H and O–H groups in total. The van der Waals surface area contributed by atoms with Crippen molar-refractivity contribution in [3.8, 4) is 0 Å². The van der Waals surface area contributed by atoms with Crippen LogP contribution >= 0.6 is 11.8 Å². The van der Waals surface area contributed by atoms with Gasteiger partial charge in [-0.05, 0) is 25.6 Å². The minimum absolute atomic E-state index is 0.227. The first-order valence-corrected chi connectivity index (χ1v) is 8.51. The Morgan fingerprint density at radius 3 is 2.65 bits per heavy atom. The van der Waals surface area contributed by atoms with Gasteiger partial charge in [0.1, 0.15) is 9.84 Å². The lowest BCUT2D eigenvalue weighted by molar-refractivity contribution is 0.603. The SMILES string of the molecule is CNCc1cc(C)ccc1SCCS(C)(=O)=O.